The molecule has 0 aromatic carbocycles. The van der Waals surface area contributed by atoms with E-state index in [0.717, 1.165) is 46.3 Å². The molecule has 0 saturated carbocycles. The van der Waals surface area contributed by atoms with E-state index in [-0.39, 0.29) is 11.8 Å². The van der Waals surface area contributed by atoms with Crippen molar-refractivity contribution < 1.29 is 9.59 Å². The smallest absolute Gasteiger partial charge is 0.264 e. The molecule has 2 aromatic rings. The van der Waals surface area contributed by atoms with E-state index in [2.05, 4.69) is 38.3 Å². The van der Waals surface area contributed by atoms with Crippen LogP contribution >= 0.6 is 38.6 Å². The minimum absolute atomic E-state index is 0.0600. The van der Waals surface area contributed by atoms with Gasteiger partial charge in [0.15, 0.2) is 0 Å². The number of thiophene rings is 2. The SMILES string of the molecule is CC(=O)NCc1ccc(C(=O)N2CCN(Cc3ccc(Br)s3)CC2)s1. The molecular weight excluding hydrogens is 422 g/mol. The molecule has 134 valence electrons. The molecular formula is C17H20BrN3O2S2. The van der Waals surface area contributed by atoms with Gasteiger partial charge in [-0.1, -0.05) is 0 Å². The lowest BCUT2D eigenvalue weighted by molar-refractivity contribution is -0.119. The first-order valence-electron chi connectivity index (χ1n) is 8.10. The van der Waals surface area contributed by atoms with Crippen LogP contribution in [0.2, 0.25) is 0 Å². The summed E-state index contributed by atoms with van der Waals surface area (Å²) in [7, 11) is 0. The fraction of sp³-hybridized carbons (Fsp3) is 0.412. The largest absolute Gasteiger partial charge is 0.351 e. The van der Waals surface area contributed by atoms with Crippen LogP contribution in [0.3, 0.4) is 0 Å². The third kappa shape index (κ3) is 5.13. The second-order valence-corrected chi connectivity index (χ2v) is 9.67. The molecule has 0 aliphatic carbocycles. The fourth-order valence-corrected chi connectivity index (χ4v) is 5.16. The van der Waals surface area contributed by atoms with Crippen molar-refractivity contribution in [3.8, 4) is 0 Å². The molecule has 1 aliphatic heterocycles. The number of hydrogen-bond acceptors (Lipinski definition) is 5. The molecule has 1 aliphatic rings. The van der Waals surface area contributed by atoms with Crippen molar-refractivity contribution in [2.24, 2.45) is 0 Å². The lowest BCUT2D eigenvalue weighted by Crippen LogP contribution is -2.48. The lowest BCUT2D eigenvalue weighted by atomic mass is 10.2. The average molecular weight is 442 g/mol. The van der Waals surface area contributed by atoms with Gasteiger partial charge in [-0.2, -0.15) is 0 Å². The summed E-state index contributed by atoms with van der Waals surface area (Å²) in [6.07, 6.45) is 0. The Kier molecular flexibility index (Phi) is 6.27. The standard InChI is InChI=1S/C17H20BrN3O2S2/c1-12(22)19-10-13-2-4-15(24-13)17(23)21-8-6-20(7-9-21)11-14-3-5-16(18)25-14/h2-5H,6-11H2,1H3,(H,19,22). The maximum atomic E-state index is 12.6. The topological polar surface area (TPSA) is 52.7 Å². The van der Waals surface area contributed by atoms with Gasteiger partial charge in [0, 0.05) is 49.4 Å². The summed E-state index contributed by atoms with van der Waals surface area (Å²) in [6.45, 7) is 6.22. The summed E-state index contributed by atoms with van der Waals surface area (Å²) in [5, 5.41) is 2.76. The number of hydrogen-bond donors (Lipinski definition) is 1. The molecule has 1 fully saturated rings. The first kappa shape index (κ1) is 18.6. The number of amides is 2. The molecule has 1 saturated heterocycles. The van der Waals surface area contributed by atoms with Gasteiger partial charge in [-0.05, 0) is 40.2 Å². The number of nitrogens with zero attached hydrogens (tertiary/aromatic N) is 2. The third-order valence-corrected chi connectivity index (χ3v) is 6.73. The van der Waals surface area contributed by atoms with E-state index < -0.39 is 0 Å². The summed E-state index contributed by atoms with van der Waals surface area (Å²) in [6, 6.07) is 8.00. The first-order valence-corrected chi connectivity index (χ1v) is 10.5. The molecule has 8 heteroatoms. The molecule has 2 amide bonds. The zero-order valence-electron chi connectivity index (χ0n) is 14.0. The Morgan fingerprint density at radius 1 is 1.08 bits per heavy atom. The number of halogens is 1. The maximum absolute atomic E-state index is 12.6. The predicted molar refractivity (Wildman–Crippen MR) is 105 cm³/mol. The molecule has 0 spiro atoms. The van der Waals surface area contributed by atoms with Gasteiger partial charge in [0.05, 0.1) is 15.2 Å². The highest BCUT2D eigenvalue weighted by Gasteiger charge is 2.23. The molecule has 0 unspecified atom stereocenters. The van der Waals surface area contributed by atoms with Gasteiger partial charge in [0.1, 0.15) is 0 Å². The van der Waals surface area contributed by atoms with Gasteiger partial charge in [0.25, 0.3) is 5.91 Å². The van der Waals surface area contributed by atoms with E-state index in [0.29, 0.717) is 6.54 Å². The quantitative estimate of drug-likeness (QED) is 0.774. The summed E-state index contributed by atoms with van der Waals surface area (Å²) in [5.74, 6) is 0.0350. The molecule has 3 heterocycles. The van der Waals surface area contributed by atoms with E-state index >= 15 is 0 Å². The van der Waals surface area contributed by atoms with E-state index in [1.54, 1.807) is 11.3 Å². The average Bonchev–Trinajstić information content (AvgIpc) is 3.22. The fourth-order valence-electron chi connectivity index (χ4n) is 2.72. The van der Waals surface area contributed by atoms with E-state index in [1.165, 1.54) is 23.1 Å². The van der Waals surface area contributed by atoms with Crippen LogP contribution in [0.5, 0.6) is 0 Å². The lowest BCUT2D eigenvalue weighted by Gasteiger charge is -2.34. The number of carbonyl (C=O) groups is 2. The van der Waals surface area contributed by atoms with Crippen molar-refractivity contribution >= 4 is 50.4 Å². The van der Waals surface area contributed by atoms with Crippen LogP contribution in [-0.2, 0) is 17.9 Å². The van der Waals surface area contributed by atoms with Gasteiger partial charge in [-0.3, -0.25) is 14.5 Å². The molecule has 3 rings (SSSR count). The molecule has 0 bridgehead atoms. The van der Waals surface area contributed by atoms with Crippen molar-refractivity contribution in [2.45, 2.75) is 20.0 Å². The highest BCUT2D eigenvalue weighted by molar-refractivity contribution is 9.11. The minimum atomic E-state index is -0.0600. The minimum Gasteiger partial charge on any atom is -0.351 e. The zero-order valence-corrected chi connectivity index (χ0v) is 17.2. The summed E-state index contributed by atoms with van der Waals surface area (Å²) < 4.78 is 1.16. The van der Waals surface area contributed by atoms with Crippen LogP contribution in [0, 0.1) is 0 Å². The van der Waals surface area contributed by atoms with Crippen molar-refractivity contribution in [3.63, 3.8) is 0 Å². The van der Waals surface area contributed by atoms with Crippen molar-refractivity contribution in [3.05, 3.63) is 42.7 Å². The molecule has 25 heavy (non-hydrogen) atoms. The van der Waals surface area contributed by atoms with Crippen LogP contribution in [-0.4, -0.2) is 47.8 Å². The van der Waals surface area contributed by atoms with Crippen LogP contribution in [0.15, 0.2) is 28.1 Å². The Labute approximate surface area is 163 Å². The number of rotatable bonds is 5. The van der Waals surface area contributed by atoms with E-state index in [4.69, 9.17) is 0 Å². The number of nitrogens with one attached hydrogen (secondary N) is 1. The van der Waals surface area contributed by atoms with Gasteiger partial charge in [-0.25, -0.2) is 0 Å². The van der Waals surface area contributed by atoms with Crippen molar-refractivity contribution in [1.82, 2.24) is 15.1 Å². The molecule has 5 nitrogen and oxygen atoms in total. The third-order valence-electron chi connectivity index (χ3n) is 4.05. The summed E-state index contributed by atoms with van der Waals surface area (Å²) in [4.78, 5) is 31.0. The van der Waals surface area contributed by atoms with Gasteiger partial charge < -0.3 is 10.2 Å². The van der Waals surface area contributed by atoms with Gasteiger partial charge in [-0.15, -0.1) is 22.7 Å². The Hall–Kier alpha value is -1.22. The Morgan fingerprint density at radius 3 is 2.44 bits per heavy atom. The molecule has 0 atom stereocenters. The summed E-state index contributed by atoms with van der Waals surface area (Å²) >= 11 is 6.72. The highest BCUT2D eigenvalue weighted by Crippen LogP contribution is 2.24. The number of carbonyl (C=O) groups excluding carboxylic acids is 2. The maximum Gasteiger partial charge on any atom is 0.264 e. The van der Waals surface area contributed by atoms with Crippen molar-refractivity contribution in [1.29, 1.82) is 0 Å². The second kappa shape index (κ2) is 8.44. The molecule has 2 aromatic heterocycles. The van der Waals surface area contributed by atoms with E-state index in [1.807, 2.05) is 17.0 Å². The van der Waals surface area contributed by atoms with Crippen LogP contribution < -0.4 is 5.32 Å². The van der Waals surface area contributed by atoms with Gasteiger partial charge >= 0.3 is 0 Å². The Balaban J connectivity index is 1.50. The Bertz CT molecular complexity index is 751. The molecule has 0 radical (unpaired) electrons. The predicted octanol–water partition coefficient (Wildman–Crippen LogP) is 3.17. The van der Waals surface area contributed by atoms with Crippen molar-refractivity contribution in [2.75, 3.05) is 26.2 Å². The monoisotopic (exact) mass is 441 g/mol. The molecule has 1 N–H and O–H groups in total. The number of piperazine rings is 1. The summed E-state index contributed by atoms with van der Waals surface area (Å²) in [5.41, 5.74) is 0. The normalized spacial score (nSPS) is 15.4. The zero-order chi connectivity index (χ0) is 17.8. The highest BCUT2D eigenvalue weighted by atomic mass is 79.9. The van der Waals surface area contributed by atoms with Crippen LogP contribution in [0.1, 0.15) is 26.3 Å². The van der Waals surface area contributed by atoms with Crippen LogP contribution in [0.25, 0.3) is 0 Å². The first-order chi connectivity index (χ1) is 12.0. The van der Waals surface area contributed by atoms with E-state index in [9.17, 15) is 9.59 Å². The second-order valence-electron chi connectivity index (χ2n) is 5.95. The Morgan fingerprint density at radius 2 is 1.80 bits per heavy atom. The van der Waals surface area contributed by atoms with Gasteiger partial charge in [0.2, 0.25) is 5.91 Å². The van der Waals surface area contributed by atoms with Crippen LogP contribution in [0.4, 0.5) is 0 Å².